The predicted octanol–water partition coefficient (Wildman–Crippen LogP) is 3.76. The van der Waals surface area contributed by atoms with Crippen molar-refractivity contribution in [3.63, 3.8) is 0 Å². The minimum Gasteiger partial charge on any atom is -0.508 e. The van der Waals surface area contributed by atoms with Gasteiger partial charge >= 0.3 is 0 Å². The molecule has 0 aliphatic heterocycles. The number of halogens is 1. The fourth-order valence-electron chi connectivity index (χ4n) is 3.71. The topological polar surface area (TPSA) is 102 Å². The molecule has 0 bridgehead atoms. The Morgan fingerprint density at radius 1 is 1.03 bits per heavy atom. The van der Waals surface area contributed by atoms with Crippen LogP contribution in [0.25, 0.3) is 0 Å². The van der Waals surface area contributed by atoms with E-state index in [1.54, 1.807) is 18.2 Å². The van der Waals surface area contributed by atoms with Gasteiger partial charge in [0.15, 0.2) is 0 Å². The summed E-state index contributed by atoms with van der Waals surface area (Å²) in [4.78, 5) is 12.6. The zero-order valence-corrected chi connectivity index (χ0v) is 19.9. The van der Waals surface area contributed by atoms with Crippen molar-refractivity contribution in [2.45, 2.75) is 38.5 Å². The maximum atomic E-state index is 12.6. The number of rotatable bonds is 11. The van der Waals surface area contributed by atoms with Crippen LogP contribution < -0.4 is 10.6 Å². The van der Waals surface area contributed by atoms with Crippen molar-refractivity contribution in [2.75, 3.05) is 13.1 Å². The first-order valence-corrected chi connectivity index (χ1v) is 11.7. The zero-order valence-electron chi connectivity index (χ0n) is 19.2. The van der Waals surface area contributed by atoms with Crippen LogP contribution in [0, 0.1) is 0 Å². The SMILES string of the molecule is C[C@H](Cc1cccc(C(=O)NCCc2ccc(Cl)cc2)c1)NC[C@H](O)c1ccc(O)c(CO)c1. The van der Waals surface area contributed by atoms with Crippen molar-refractivity contribution in [1.29, 1.82) is 0 Å². The van der Waals surface area contributed by atoms with Crippen LogP contribution in [0.3, 0.4) is 0 Å². The molecule has 0 aliphatic carbocycles. The molecule has 34 heavy (non-hydrogen) atoms. The number of aliphatic hydroxyl groups excluding tert-OH is 2. The Labute approximate surface area is 205 Å². The third-order valence-electron chi connectivity index (χ3n) is 5.66. The molecule has 2 atom stereocenters. The summed E-state index contributed by atoms with van der Waals surface area (Å²) in [5.41, 5.74) is 3.75. The predicted molar refractivity (Wildman–Crippen MR) is 134 cm³/mol. The van der Waals surface area contributed by atoms with Crippen molar-refractivity contribution in [3.05, 3.63) is 99.6 Å². The average Bonchev–Trinajstić information content (AvgIpc) is 2.84. The second kappa shape index (κ2) is 12.5. The van der Waals surface area contributed by atoms with E-state index in [-0.39, 0.29) is 24.3 Å². The standard InChI is InChI=1S/C27H31ClN2O4/c1-18(30-16-26(33)21-7-10-25(32)23(15-21)17-31)13-20-3-2-4-22(14-20)27(34)29-12-11-19-5-8-24(28)9-6-19/h2-10,14-15,18,26,30-33H,11-13,16-17H2,1H3,(H,29,34)/t18-,26+/m1/s1. The van der Waals surface area contributed by atoms with E-state index >= 15 is 0 Å². The van der Waals surface area contributed by atoms with Gasteiger partial charge in [-0.15, -0.1) is 0 Å². The summed E-state index contributed by atoms with van der Waals surface area (Å²) >= 11 is 5.90. The van der Waals surface area contributed by atoms with Crippen LogP contribution in [0.5, 0.6) is 5.75 Å². The van der Waals surface area contributed by atoms with Gasteiger partial charge in [-0.05, 0) is 72.9 Å². The van der Waals surface area contributed by atoms with Gasteiger partial charge in [0, 0.05) is 35.3 Å². The number of benzene rings is 3. The van der Waals surface area contributed by atoms with E-state index in [4.69, 9.17) is 11.6 Å². The Kier molecular flexibility index (Phi) is 9.48. The molecular formula is C27H31ClN2O4. The van der Waals surface area contributed by atoms with E-state index in [1.807, 2.05) is 49.4 Å². The molecule has 0 saturated carbocycles. The molecule has 7 heteroatoms. The quantitative estimate of drug-likeness (QED) is 0.286. The second-order valence-electron chi connectivity index (χ2n) is 8.41. The molecule has 0 unspecified atom stereocenters. The number of hydrogen-bond donors (Lipinski definition) is 5. The molecule has 0 aromatic heterocycles. The average molecular weight is 483 g/mol. The molecule has 0 spiro atoms. The summed E-state index contributed by atoms with van der Waals surface area (Å²) in [7, 11) is 0. The third-order valence-corrected chi connectivity index (χ3v) is 5.91. The first-order valence-electron chi connectivity index (χ1n) is 11.3. The normalized spacial score (nSPS) is 12.8. The zero-order chi connectivity index (χ0) is 24.5. The van der Waals surface area contributed by atoms with Gasteiger partial charge in [0.05, 0.1) is 12.7 Å². The van der Waals surface area contributed by atoms with Crippen LogP contribution >= 0.6 is 11.6 Å². The summed E-state index contributed by atoms with van der Waals surface area (Å²) in [6.07, 6.45) is 0.647. The van der Waals surface area contributed by atoms with E-state index in [1.165, 1.54) is 6.07 Å². The van der Waals surface area contributed by atoms with E-state index < -0.39 is 6.10 Å². The number of amides is 1. The monoisotopic (exact) mass is 482 g/mol. The molecule has 3 rings (SSSR count). The largest absolute Gasteiger partial charge is 0.508 e. The van der Waals surface area contributed by atoms with Crippen LogP contribution in [0.4, 0.5) is 0 Å². The molecule has 1 amide bonds. The van der Waals surface area contributed by atoms with E-state index in [0.717, 1.165) is 17.5 Å². The molecule has 0 radical (unpaired) electrons. The van der Waals surface area contributed by atoms with Crippen molar-refractivity contribution < 1.29 is 20.1 Å². The molecule has 0 fully saturated rings. The summed E-state index contributed by atoms with van der Waals surface area (Å²) in [5.74, 6) is -0.104. The minimum atomic E-state index is -0.772. The summed E-state index contributed by atoms with van der Waals surface area (Å²) in [5, 5.41) is 36.4. The van der Waals surface area contributed by atoms with Gasteiger partial charge in [-0.3, -0.25) is 4.79 Å². The fourth-order valence-corrected chi connectivity index (χ4v) is 3.83. The summed E-state index contributed by atoms with van der Waals surface area (Å²) < 4.78 is 0. The second-order valence-corrected chi connectivity index (χ2v) is 8.84. The molecule has 180 valence electrons. The number of hydrogen-bond acceptors (Lipinski definition) is 5. The van der Waals surface area contributed by atoms with Gasteiger partial charge in [-0.2, -0.15) is 0 Å². The maximum absolute atomic E-state index is 12.6. The lowest BCUT2D eigenvalue weighted by molar-refractivity contribution is 0.0954. The highest BCUT2D eigenvalue weighted by Gasteiger charge is 2.13. The Bertz CT molecular complexity index is 1090. The van der Waals surface area contributed by atoms with Crippen LogP contribution in [0.2, 0.25) is 5.02 Å². The van der Waals surface area contributed by atoms with Gasteiger partial charge in [0.1, 0.15) is 5.75 Å². The highest BCUT2D eigenvalue weighted by molar-refractivity contribution is 6.30. The van der Waals surface area contributed by atoms with Gasteiger partial charge in [0.25, 0.3) is 5.91 Å². The molecule has 0 aliphatic rings. The van der Waals surface area contributed by atoms with Gasteiger partial charge in [0.2, 0.25) is 0 Å². The van der Waals surface area contributed by atoms with E-state index in [0.29, 0.717) is 41.2 Å². The Morgan fingerprint density at radius 3 is 2.53 bits per heavy atom. The Balaban J connectivity index is 1.48. The van der Waals surface area contributed by atoms with Crippen LogP contribution in [0.1, 0.15) is 45.6 Å². The van der Waals surface area contributed by atoms with Crippen LogP contribution in [0.15, 0.2) is 66.7 Å². The number of nitrogens with one attached hydrogen (secondary N) is 2. The van der Waals surface area contributed by atoms with Crippen LogP contribution in [-0.2, 0) is 19.4 Å². The lowest BCUT2D eigenvalue weighted by atomic mass is 10.0. The van der Waals surface area contributed by atoms with Gasteiger partial charge < -0.3 is 26.0 Å². The molecular weight excluding hydrogens is 452 g/mol. The molecule has 3 aromatic rings. The van der Waals surface area contributed by atoms with Crippen molar-refractivity contribution >= 4 is 17.5 Å². The Morgan fingerprint density at radius 2 is 1.79 bits per heavy atom. The van der Waals surface area contributed by atoms with Gasteiger partial charge in [-0.25, -0.2) is 0 Å². The molecule has 3 aromatic carbocycles. The smallest absolute Gasteiger partial charge is 0.251 e. The minimum absolute atomic E-state index is 0.00803. The van der Waals surface area contributed by atoms with Crippen molar-refractivity contribution in [3.8, 4) is 5.75 Å². The molecule has 0 saturated heterocycles. The van der Waals surface area contributed by atoms with E-state index in [9.17, 15) is 20.1 Å². The van der Waals surface area contributed by atoms with Crippen LogP contribution in [-0.4, -0.2) is 40.4 Å². The van der Waals surface area contributed by atoms with Gasteiger partial charge in [-0.1, -0.05) is 41.9 Å². The first-order chi connectivity index (χ1) is 16.4. The molecule has 5 N–H and O–H groups in total. The molecule has 0 heterocycles. The van der Waals surface area contributed by atoms with Crippen molar-refractivity contribution in [1.82, 2.24) is 10.6 Å². The summed E-state index contributed by atoms with van der Waals surface area (Å²) in [6, 6.07) is 19.9. The highest BCUT2D eigenvalue weighted by Crippen LogP contribution is 2.22. The lowest BCUT2D eigenvalue weighted by Crippen LogP contribution is -2.32. The Hall–Kier alpha value is -2.90. The number of carbonyl (C=O) groups is 1. The maximum Gasteiger partial charge on any atom is 0.251 e. The first kappa shape index (κ1) is 25.7. The summed E-state index contributed by atoms with van der Waals surface area (Å²) in [6.45, 7) is 2.58. The van der Waals surface area contributed by atoms with E-state index in [2.05, 4.69) is 10.6 Å². The lowest BCUT2D eigenvalue weighted by Gasteiger charge is -2.18. The number of carbonyl (C=O) groups excluding carboxylic acids is 1. The molecule has 6 nitrogen and oxygen atoms in total. The number of phenols is 1. The fraction of sp³-hybridized carbons (Fsp3) is 0.296. The third kappa shape index (κ3) is 7.57. The highest BCUT2D eigenvalue weighted by atomic mass is 35.5. The number of aromatic hydroxyl groups is 1. The number of aliphatic hydroxyl groups is 2. The van der Waals surface area contributed by atoms with Crippen molar-refractivity contribution in [2.24, 2.45) is 0 Å².